The summed E-state index contributed by atoms with van der Waals surface area (Å²) < 4.78 is 11.7. The second-order valence-corrected chi connectivity index (χ2v) is 7.71. The summed E-state index contributed by atoms with van der Waals surface area (Å²) in [5, 5.41) is 0.629. The van der Waals surface area contributed by atoms with E-state index >= 15 is 0 Å². The minimum Gasteiger partial charge on any atom is -0.493 e. The molecule has 0 unspecified atom stereocenters. The van der Waals surface area contributed by atoms with Crippen LogP contribution in [0.1, 0.15) is 21.6 Å². The summed E-state index contributed by atoms with van der Waals surface area (Å²) in [7, 11) is 3.12. The third-order valence-electron chi connectivity index (χ3n) is 4.76. The maximum Gasteiger partial charge on any atom is 0.260 e. The van der Waals surface area contributed by atoms with Crippen molar-refractivity contribution in [1.82, 2.24) is 9.97 Å². The lowest BCUT2D eigenvalue weighted by molar-refractivity contribution is 0.0984. The van der Waals surface area contributed by atoms with Gasteiger partial charge in [-0.15, -0.1) is 0 Å². The van der Waals surface area contributed by atoms with E-state index in [2.05, 4.69) is 4.98 Å². The quantitative estimate of drug-likeness (QED) is 0.446. The fraction of sp³-hybridized carbons (Fsp3) is 0.174. The number of aromatic nitrogens is 2. The molecule has 0 saturated heterocycles. The lowest BCUT2D eigenvalue weighted by atomic mass is 10.1. The smallest absolute Gasteiger partial charge is 0.260 e. The van der Waals surface area contributed by atoms with Gasteiger partial charge < -0.3 is 9.47 Å². The number of ether oxygens (including phenoxy) is 2. The Hall–Kier alpha value is -3.45. The number of carbonyl (C=O) groups excluding carboxylic acids is 1. The van der Waals surface area contributed by atoms with Crippen LogP contribution < -0.4 is 14.4 Å². The van der Waals surface area contributed by atoms with Gasteiger partial charge in [-0.1, -0.05) is 29.5 Å². The Morgan fingerprint density at radius 1 is 1.03 bits per heavy atom. The molecule has 0 atom stereocenters. The number of nitrogens with zero attached hydrogens (tertiary/aromatic N) is 3. The van der Waals surface area contributed by atoms with Crippen LogP contribution in [0, 0.1) is 6.92 Å². The summed E-state index contributed by atoms with van der Waals surface area (Å²) in [6, 6.07) is 16.8. The molecule has 0 aliphatic rings. The molecule has 2 aromatic heterocycles. The van der Waals surface area contributed by atoms with Crippen molar-refractivity contribution in [2.45, 2.75) is 13.5 Å². The summed E-state index contributed by atoms with van der Waals surface area (Å²) in [5.74, 6) is 0.889. The van der Waals surface area contributed by atoms with Crippen molar-refractivity contribution in [2.24, 2.45) is 0 Å². The van der Waals surface area contributed by atoms with E-state index in [1.54, 1.807) is 43.5 Å². The maximum absolute atomic E-state index is 13.5. The molecule has 0 N–H and O–H groups in total. The highest BCUT2D eigenvalue weighted by molar-refractivity contribution is 7.22. The number of anilines is 1. The van der Waals surface area contributed by atoms with E-state index in [0.29, 0.717) is 28.7 Å². The minimum absolute atomic E-state index is 0.182. The molecule has 1 amide bonds. The molecule has 0 fully saturated rings. The molecule has 0 radical (unpaired) electrons. The average Bonchev–Trinajstić information content (AvgIpc) is 3.22. The fourth-order valence-electron chi connectivity index (χ4n) is 3.19. The number of benzene rings is 2. The van der Waals surface area contributed by atoms with Crippen LogP contribution in [0.15, 0.2) is 60.8 Å². The normalized spacial score (nSPS) is 10.8. The van der Waals surface area contributed by atoms with Gasteiger partial charge in [0.25, 0.3) is 5.91 Å². The molecule has 0 spiro atoms. The number of aryl methyl sites for hydroxylation is 1. The van der Waals surface area contributed by atoms with Crippen LogP contribution in [-0.2, 0) is 6.54 Å². The summed E-state index contributed by atoms with van der Waals surface area (Å²) in [6.07, 6.45) is 1.72. The highest BCUT2D eigenvalue weighted by atomic mass is 32.1. The number of amides is 1. The maximum atomic E-state index is 13.5. The Bertz CT molecular complexity index is 1190. The van der Waals surface area contributed by atoms with Crippen molar-refractivity contribution >= 4 is 32.6 Å². The zero-order valence-electron chi connectivity index (χ0n) is 17.0. The van der Waals surface area contributed by atoms with Crippen molar-refractivity contribution in [3.8, 4) is 11.5 Å². The van der Waals surface area contributed by atoms with Crippen LogP contribution in [0.4, 0.5) is 5.13 Å². The lowest BCUT2D eigenvalue weighted by Crippen LogP contribution is -2.30. The molecule has 2 heterocycles. The summed E-state index contributed by atoms with van der Waals surface area (Å²) >= 11 is 1.49. The largest absolute Gasteiger partial charge is 0.493 e. The van der Waals surface area contributed by atoms with E-state index in [1.807, 2.05) is 43.3 Å². The van der Waals surface area contributed by atoms with Crippen LogP contribution >= 0.6 is 11.3 Å². The molecule has 4 aromatic rings. The van der Waals surface area contributed by atoms with Crippen LogP contribution in [0.2, 0.25) is 0 Å². The van der Waals surface area contributed by atoms with Gasteiger partial charge in [0.2, 0.25) is 0 Å². The van der Waals surface area contributed by atoms with Crippen molar-refractivity contribution in [2.75, 3.05) is 19.1 Å². The van der Waals surface area contributed by atoms with Crippen LogP contribution in [0.5, 0.6) is 11.5 Å². The third kappa shape index (κ3) is 3.84. The molecule has 2 aromatic carbocycles. The molecule has 4 rings (SSSR count). The Labute approximate surface area is 178 Å². The van der Waals surface area contributed by atoms with Gasteiger partial charge >= 0.3 is 0 Å². The SMILES string of the molecule is COc1ccc(C(=O)N(Cc2ccccn2)c2nc3c(C)cccc3s2)cc1OC. The summed E-state index contributed by atoms with van der Waals surface area (Å²) in [5.41, 5.74) is 3.25. The Balaban J connectivity index is 1.78. The van der Waals surface area contributed by atoms with Gasteiger partial charge in [-0.05, 0) is 48.9 Å². The minimum atomic E-state index is -0.182. The van der Waals surface area contributed by atoms with E-state index in [1.165, 1.54) is 11.3 Å². The van der Waals surface area contributed by atoms with E-state index in [-0.39, 0.29) is 5.91 Å². The molecular formula is C23H21N3O3S. The zero-order chi connectivity index (χ0) is 21.1. The number of hydrogen-bond donors (Lipinski definition) is 0. The number of rotatable bonds is 6. The van der Waals surface area contributed by atoms with Gasteiger partial charge in [-0.2, -0.15) is 0 Å². The lowest BCUT2D eigenvalue weighted by Gasteiger charge is -2.20. The predicted octanol–water partition coefficient (Wildman–Crippen LogP) is 4.86. The van der Waals surface area contributed by atoms with Crippen LogP contribution in [0.25, 0.3) is 10.2 Å². The molecule has 7 heteroatoms. The van der Waals surface area contributed by atoms with Gasteiger partial charge in [0, 0.05) is 11.8 Å². The first kappa shape index (κ1) is 19.8. The zero-order valence-corrected chi connectivity index (χ0v) is 17.8. The van der Waals surface area contributed by atoms with Gasteiger partial charge in [-0.3, -0.25) is 14.7 Å². The number of para-hydroxylation sites is 1. The van der Waals surface area contributed by atoms with Crippen LogP contribution in [0.3, 0.4) is 0 Å². The number of methoxy groups -OCH3 is 2. The Morgan fingerprint density at radius 2 is 1.87 bits per heavy atom. The molecule has 0 bridgehead atoms. The summed E-state index contributed by atoms with van der Waals surface area (Å²) in [6.45, 7) is 2.33. The second-order valence-electron chi connectivity index (χ2n) is 6.70. The van der Waals surface area contributed by atoms with Gasteiger partial charge in [0.05, 0.1) is 36.7 Å². The Morgan fingerprint density at radius 3 is 2.57 bits per heavy atom. The van der Waals surface area contributed by atoms with Crippen molar-refractivity contribution in [3.63, 3.8) is 0 Å². The highest BCUT2D eigenvalue weighted by Gasteiger charge is 2.23. The first-order chi connectivity index (χ1) is 14.6. The first-order valence-electron chi connectivity index (χ1n) is 9.40. The number of fused-ring (bicyclic) bond motifs is 1. The first-order valence-corrected chi connectivity index (χ1v) is 10.2. The topological polar surface area (TPSA) is 64.5 Å². The highest BCUT2D eigenvalue weighted by Crippen LogP contribution is 2.33. The standard InChI is InChI=1S/C23H21N3O3S/c1-15-7-6-9-20-21(15)25-23(30-20)26(14-17-8-4-5-12-24-17)22(27)16-10-11-18(28-2)19(13-16)29-3/h4-13H,14H2,1-3H3. The van der Waals surface area contributed by atoms with Gasteiger partial charge in [-0.25, -0.2) is 4.98 Å². The van der Waals surface area contributed by atoms with Crippen molar-refractivity contribution in [3.05, 3.63) is 77.6 Å². The third-order valence-corrected chi connectivity index (χ3v) is 5.81. The molecule has 152 valence electrons. The molecule has 0 saturated carbocycles. The van der Waals surface area contributed by atoms with E-state index in [0.717, 1.165) is 21.5 Å². The van der Waals surface area contributed by atoms with Gasteiger partial charge in [0.1, 0.15) is 0 Å². The number of pyridine rings is 1. The molecular weight excluding hydrogens is 398 g/mol. The van der Waals surface area contributed by atoms with E-state index in [4.69, 9.17) is 14.5 Å². The Kier molecular flexibility index (Phi) is 5.63. The van der Waals surface area contributed by atoms with E-state index < -0.39 is 0 Å². The fourth-order valence-corrected chi connectivity index (χ4v) is 4.24. The second kappa shape index (κ2) is 8.51. The van der Waals surface area contributed by atoms with Crippen LogP contribution in [-0.4, -0.2) is 30.1 Å². The van der Waals surface area contributed by atoms with Crippen molar-refractivity contribution < 1.29 is 14.3 Å². The van der Waals surface area contributed by atoms with Gasteiger partial charge in [0.15, 0.2) is 16.6 Å². The average molecular weight is 420 g/mol. The predicted molar refractivity (Wildman–Crippen MR) is 119 cm³/mol. The number of carbonyl (C=O) groups is 1. The monoisotopic (exact) mass is 419 g/mol. The number of thiazole rings is 1. The molecule has 30 heavy (non-hydrogen) atoms. The summed E-state index contributed by atoms with van der Waals surface area (Å²) in [4.78, 5) is 24.4. The van der Waals surface area contributed by atoms with Crippen molar-refractivity contribution in [1.29, 1.82) is 0 Å². The molecule has 6 nitrogen and oxygen atoms in total. The molecule has 0 aliphatic carbocycles. The number of hydrogen-bond acceptors (Lipinski definition) is 6. The molecule has 0 aliphatic heterocycles. The van der Waals surface area contributed by atoms with E-state index in [9.17, 15) is 4.79 Å².